The predicted molar refractivity (Wildman–Crippen MR) is 66.1 cm³/mol. The van der Waals surface area contributed by atoms with Crippen LogP contribution in [0.15, 0.2) is 18.2 Å². The number of hydrogen-bond donors (Lipinski definition) is 1. The van der Waals surface area contributed by atoms with E-state index >= 15 is 0 Å². The van der Waals surface area contributed by atoms with Crippen molar-refractivity contribution in [2.75, 3.05) is 18.0 Å². The minimum atomic E-state index is -4.84. The van der Waals surface area contributed by atoms with Crippen molar-refractivity contribution in [1.29, 1.82) is 0 Å². The molecular weight excluding hydrogens is 293 g/mol. The molecule has 21 heavy (non-hydrogen) atoms. The number of carboxylic acid groups (broad SMARTS) is 1. The van der Waals surface area contributed by atoms with Gasteiger partial charge in [0.1, 0.15) is 5.56 Å². The monoisotopic (exact) mass is 304 g/mol. The fourth-order valence-corrected chi connectivity index (χ4v) is 2.30. The highest BCUT2D eigenvalue weighted by atomic mass is 19.4. The molecule has 1 unspecified atom stereocenters. The van der Waals surface area contributed by atoms with Gasteiger partial charge in [0.2, 0.25) is 0 Å². The van der Waals surface area contributed by atoms with E-state index in [-0.39, 0.29) is 12.2 Å². The van der Waals surface area contributed by atoms with Crippen molar-refractivity contribution in [3.05, 3.63) is 33.9 Å². The highest BCUT2D eigenvalue weighted by molar-refractivity contribution is 5.72. The van der Waals surface area contributed by atoms with Gasteiger partial charge in [-0.2, -0.15) is 13.2 Å². The second kappa shape index (κ2) is 5.23. The molecular formula is C12H11F3N2O4. The summed E-state index contributed by atoms with van der Waals surface area (Å²) in [5.41, 5.74) is -2.21. The lowest BCUT2D eigenvalue weighted by molar-refractivity contribution is -0.388. The molecule has 114 valence electrons. The van der Waals surface area contributed by atoms with E-state index in [0.29, 0.717) is 19.0 Å². The number of anilines is 1. The number of hydrogen-bond acceptors (Lipinski definition) is 4. The number of carboxylic acids is 1. The Hall–Kier alpha value is -2.32. The molecule has 1 aliphatic heterocycles. The minimum absolute atomic E-state index is 0.0877. The quantitative estimate of drug-likeness (QED) is 0.685. The van der Waals surface area contributed by atoms with Gasteiger partial charge in [-0.1, -0.05) is 0 Å². The van der Waals surface area contributed by atoms with Crippen LogP contribution in [-0.2, 0) is 11.0 Å². The highest BCUT2D eigenvalue weighted by Crippen LogP contribution is 2.39. The Balaban J connectivity index is 2.35. The summed E-state index contributed by atoms with van der Waals surface area (Å²) in [4.78, 5) is 21.9. The average Bonchev–Trinajstić information content (AvgIpc) is 2.86. The second-order valence-corrected chi connectivity index (χ2v) is 4.73. The zero-order chi connectivity index (χ0) is 15.8. The lowest BCUT2D eigenvalue weighted by Crippen LogP contribution is -2.23. The molecule has 1 aliphatic rings. The Labute approximate surface area is 116 Å². The van der Waals surface area contributed by atoms with Gasteiger partial charge < -0.3 is 10.0 Å². The normalized spacial score (nSPS) is 18.8. The summed E-state index contributed by atoms with van der Waals surface area (Å²) in [6.45, 7) is 0.385. The Morgan fingerprint density at radius 2 is 2.10 bits per heavy atom. The molecule has 9 heteroatoms. The number of alkyl halides is 3. The third kappa shape index (κ3) is 3.06. The van der Waals surface area contributed by atoms with Gasteiger partial charge in [-0.15, -0.1) is 0 Å². The standard InChI is InChI=1S/C12H11F3N2O4/c13-12(14,15)9-5-8(1-2-10(9)17(20)21)16-4-3-7(6-16)11(18)19/h1-2,5,7H,3-4,6H2,(H,18,19). The van der Waals surface area contributed by atoms with Crippen molar-refractivity contribution in [3.8, 4) is 0 Å². The fraction of sp³-hybridized carbons (Fsp3) is 0.417. The van der Waals surface area contributed by atoms with Gasteiger partial charge in [0.25, 0.3) is 5.69 Å². The molecule has 0 amide bonds. The molecule has 1 heterocycles. The molecule has 1 aromatic carbocycles. The van der Waals surface area contributed by atoms with Crippen molar-refractivity contribution in [1.82, 2.24) is 0 Å². The molecule has 0 bridgehead atoms. The van der Waals surface area contributed by atoms with Crippen LogP contribution in [0.3, 0.4) is 0 Å². The van der Waals surface area contributed by atoms with E-state index in [9.17, 15) is 28.1 Å². The van der Waals surface area contributed by atoms with Crippen LogP contribution < -0.4 is 4.90 Å². The molecule has 2 rings (SSSR count). The summed E-state index contributed by atoms with van der Waals surface area (Å²) in [5, 5.41) is 19.5. The number of nitro benzene ring substituents is 1. The van der Waals surface area contributed by atoms with E-state index in [1.807, 2.05) is 0 Å². The van der Waals surface area contributed by atoms with Crippen LogP contribution >= 0.6 is 0 Å². The van der Waals surface area contributed by atoms with Crippen LogP contribution in [0.25, 0.3) is 0 Å². The van der Waals surface area contributed by atoms with Crippen LogP contribution in [0.2, 0.25) is 0 Å². The number of carbonyl (C=O) groups is 1. The van der Waals surface area contributed by atoms with Gasteiger partial charge in [0.05, 0.1) is 10.8 Å². The number of halogens is 3. The zero-order valence-electron chi connectivity index (χ0n) is 10.6. The fourth-order valence-electron chi connectivity index (χ4n) is 2.30. The molecule has 6 nitrogen and oxygen atoms in total. The molecule has 0 spiro atoms. The SMILES string of the molecule is O=C(O)C1CCN(c2ccc([N+](=O)[O-])c(C(F)(F)F)c2)C1. The van der Waals surface area contributed by atoms with Crippen LogP contribution in [0.1, 0.15) is 12.0 Å². The molecule has 1 aromatic rings. The lowest BCUT2D eigenvalue weighted by atomic mass is 10.1. The molecule has 1 saturated heterocycles. The third-order valence-corrected chi connectivity index (χ3v) is 3.38. The summed E-state index contributed by atoms with van der Waals surface area (Å²) >= 11 is 0. The summed E-state index contributed by atoms with van der Waals surface area (Å²) < 4.78 is 38.6. The topological polar surface area (TPSA) is 83.7 Å². The van der Waals surface area contributed by atoms with Gasteiger partial charge in [-0.3, -0.25) is 14.9 Å². The van der Waals surface area contributed by atoms with Crippen LogP contribution in [-0.4, -0.2) is 29.1 Å². The van der Waals surface area contributed by atoms with Crippen LogP contribution in [0.4, 0.5) is 24.5 Å². The summed E-state index contributed by atoms with van der Waals surface area (Å²) in [5.74, 6) is -1.65. The zero-order valence-corrected chi connectivity index (χ0v) is 10.6. The van der Waals surface area contributed by atoms with Crippen molar-refractivity contribution in [2.24, 2.45) is 5.92 Å². The van der Waals surface area contributed by atoms with E-state index in [1.54, 1.807) is 0 Å². The van der Waals surface area contributed by atoms with Crippen LogP contribution in [0.5, 0.6) is 0 Å². The second-order valence-electron chi connectivity index (χ2n) is 4.73. The molecule has 0 radical (unpaired) electrons. The molecule has 1 atom stereocenters. The van der Waals surface area contributed by atoms with Crippen LogP contribution in [0, 0.1) is 16.0 Å². The maximum Gasteiger partial charge on any atom is 0.423 e. The predicted octanol–water partition coefficient (Wildman–Crippen LogP) is 2.52. The van der Waals surface area contributed by atoms with Crippen molar-refractivity contribution < 1.29 is 28.0 Å². The first-order chi connectivity index (χ1) is 9.70. The van der Waals surface area contributed by atoms with E-state index in [1.165, 1.54) is 11.0 Å². The molecule has 0 aliphatic carbocycles. The van der Waals surface area contributed by atoms with E-state index < -0.39 is 34.2 Å². The smallest absolute Gasteiger partial charge is 0.423 e. The molecule has 1 N–H and O–H groups in total. The van der Waals surface area contributed by atoms with Gasteiger partial charge >= 0.3 is 12.1 Å². The lowest BCUT2D eigenvalue weighted by Gasteiger charge is -2.19. The first kappa shape index (κ1) is 15.1. The third-order valence-electron chi connectivity index (χ3n) is 3.38. The molecule has 1 fully saturated rings. The van der Waals surface area contributed by atoms with Gasteiger partial charge in [0.15, 0.2) is 0 Å². The van der Waals surface area contributed by atoms with E-state index in [0.717, 1.165) is 6.07 Å². The summed E-state index contributed by atoms with van der Waals surface area (Å²) in [6, 6.07) is 2.70. The Morgan fingerprint density at radius 1 is 1.43 bits per heavy atom. The van der Waals surface area contributed by atoms with Gasteiger partial charge in [-0.05, 0) is 18.6 Å². The Morgan fingerprint density at radius 3 is 2.57 bits per heavy atom. The number of benzene rings is 1. The van der Waals surface area contributed by atoms with Crippen molar-refractivity contribution in [2.45, 2.75) is 12.6 Å². The number of nitro groups is 1. The molecule has 0 aromatic heterocycles. The Bertz CT molecular complexity index is 588. The van der Waals surface area contributed by atoms with Crippen molar-refractivity contribution >= 4 is 17.3 Å². The van der Waals surface area contributed by atoms with Gasteiger partial charge in [-0.25, -0.2) is 0 Å². The largest absolute Gasteiger partial charge is 0.481 e. The average molecular weight is 304 g/mol. The highest BCUT2D eigenvalue weighted by Gasteiger charge is 2.39. The number of aliphatic carboxylic acids is 1. The first-order valence-corrected chi connectivity index (χ1v) is 6.03. The Kier molecular flexibility index (Phi) is 3.75. The van der Waals surface area contributed by atoms with Gasteiger partial charge in [0, 0.05) is 24.8 Å². The number of nitrogens with zero attached hydrogens (tertiary/aromatic N) is 2. The minimum Gasteiger partial charge on any atom is -0.481 e. The van der Waals surface area contributed by atoms with E-state index in [4.69, 9.17) is 5.11 Å². The van der Waals surface area contributed by atoms with E-state index in [2.05, 4.69) is 0 Å². The summed E-state index contributed by atoms with van der Waals surface area (Å²) in [6.07, 6.45) is -4.52. The number of rotatable bonds is 3. The molecule has 0 saturated carbocycles. The first-order valence-electron chi connectivity index (χ1n) is 6.03. The summed E-state index contributed by atoms with van der Waals surface area (Å²) in [7, 11) is 0. The maximum absolute atomic E-state index is 12.9. The maximum atomic E-state index is 12.9. The van der Waals surface area contributed by atoms with Crippen molar-refractivity contribution in [3.63, 3.8) is 0 Å².